The lowest BCUT2D eigenvalue weighted by Gasteiger charge is -2.14. The minimum atomic E-state index is -0.931. The van der Waals surface area contributed by atoms with Crippen LogP contribution in [0.5, 0.6) is 5.75 Å². The highest BCUT2D eigenvalue weighted by atomic mass is 16.5. The lowest BCUT2D eigenvalue weighted by molar-refractivity contribution is -0.148. The van der Waals surface area contributed by atoms with Crippen LogP contribution < -0.4 is 10.1 Å². The molecule has 1 amide bonds. The van der Waals surface area contributed by atoms with Crippen LogP contribution in [0.15, 0.2) is 54.6 Å². The van der Waals surface area contributed by atoms with Gasteiger partial charge in [-0.3, -0.25) is 4.79 Å². The molecule has 0 heterocycles. The number of ether oxygens (including phenoxy) is 2. The zero-order chi connectivity index (χ0) is 18.2. The quantitative estimate of drug-likeness (QED) is 0.645. The minimum absolute atomic E-state index is 0.429. The number of methoxy groups -OCH3 is 1. The van der Waals surface area contributed by atoms with E-state index in [1.807, 2.05) is 31.2 Å². The Kier molecular flexibility index (Phi) is 6.34. The standard InChI is InChI=1S/C20H21NO4/c1-14-7-6-8-16(13-14)11-12-19(22)25-15(2)20(23)21-17-9-4-5-10-18(17)24-3/h4-13,15H,1-3H3,(H,21,23)/b12-11+/t15-/m0/s1. The molecule has 5 heteroatoms. The van der Waals surface area contributed by atoms with Gasteiger partial charge in [0, 0.05) is 6.08 Å². The fourth-order valence-electron chi connectivity index (χ4n) is 2.19. The summed E-state index contributed by atoms with van der Waals surface area (Å²) in [5.41, 5.74) is 2.51. The second-order valence-electron chi connectivity index (χ2n) is 5.52. The van der Waals surface area contributed by atoms with Crippen LogP contribution in [0.3, 0.4) is 0 Å². The molecule has 1 N–H and O–H groups in total. The Morgan fingerprint density at radius 2 is 1.88 bits per heavy atom. The second kappa shape index (κ2) is 8.68. The molecule has 25 heavy (non-hydrogen) atoms. The summed E-state index contributed by atoms with van der Waals surface area (Å²) in [5, 5.41) is 2.68. The Morgan fingerprint density at radius 1 is 1.12 bits per heavy atom. The van der Waals surface area contributed by atoms with Crippen molar-refractivity contribution in [1.29, 1.82) is 0 Å². The molecule has 0 fully saturated rings. The summed E-state index contributed by atoms with van der Waals surface area (Å²) >= 11 is 0. The van der Waals surface area contributed by atoms with Crippen molar-refractivity contribution in [3.63, 3.8) is 0 Å². The van der Waals surface area contributed by atoms with E-state index in [2.05, 4.69) is 5.32 Å². The van der Waals surface area contributed by atoms with Gasteiger partial charge >= 0.3 is 5.97 Å². The molecule has 0 spiro atoms. The van der Waals surface area contributed by atoms with Crippen molar-refractivity contribution in [3.05, 3.63) is 65.7 Å². The average Bonchev–Trinajstić information content (AvgIpc) is 2.60. The van der Waals surface area contributed by atoms with Crippen molar-refractivity contribution >= 4 is 23.6 Å². The van der Waals surface area contributed by atoms with Crippen LogP contribution in [0.2, 0.25) is 0 Å². The zero-order valence-electron chi connectivity index (χ0n) is 14.5. The molecule has 0 saturated carbocycles. The van der Waals surface area contributed by atoms with Gasteiger partial charge in [-0.1, -0.05) is 42.0 Å². The largest absolute Gasteiger partial charge is 0.495 e. The Bertz CT molecular complexity index is 783. The van der Waals surface area contributed by atoms with Gasteiger partial charge < -0.3 is 14.8 Å². The molecular weight excluding hydrogens is 318 g/mol. The van der Waals surface area contributed by atoms with Gasteiger partial charge in [0.1, 0.15) is 5.75 Å². The van der Waals surface area contributed by atoms with E-state index in [0.717, 1.165) is 11.1 Å². The van der Waals surface area contributed by atoms with Crippen LogP contribution in [-0.4, -0.2) is 25.1 Å². The third-order valence-corrected chi connectivity index (χ3v) is 3.48. The molecule has 1 atom stereocenters. The van der Waals surface area contributed by atoms with Crippen molar-refractivity contribution in [2.24, 2.45) is 0 Å². The van der Waals surface area contributed by atoms with Crippen molar-refractivity contribution in [3.8, 4) is 5.75 Å². The summed E-state index contributed by atoms with van der Waals surface area (Å²) in [5.74, 6) is -0.472. The minimum Gasteiger partial charge on any atom is -0.495 e. The molecule has 0 aliphatic heterocycles. The van der Waals surface area contributed by atoms with E-state index >= 15 is 0 Å². The Labute approximate surface area is 147 Å². The SMILES string of the molecule is COc1ccccc1NC(=O)[C@H](C)OC(=O)/C=C/c1cccc(C)c1. The molecule has 0 unspecified atom stereocenters. The smallest absolute Gasteiger partial charge is 0.331 e. The molecular formula is C20H21NO4. The number of hydrogen-bond acceptors (Lipinski definition) is 4. The third-order valence-electron chi connectivity index (χ3n) is 3.48. The van der Waals surface area contributed by atoms with Gasteiger partial charge in [0.15, 0.2) is 6.10 Å². The number of nitrogens with one attached hydrogen (secondary N) is 1. The van der Waals surface area contributed by atoms with Crippen LogP contribution >= 0.6 is 0 Å². The van der Waals surface area contributed by atoms with Gasteiger partial charge in [-0.2, -0.15) is 0 Å². The summed E-state index contributed by atoms with van der Waals surface area (Å²) in [6.07, 6.45) is 2.03. The average molecular weight is 339 g/mol. The van der Waals surface area contributed by atoms with Gasteiger partial charge in [-0.15, -0.1) is 0 Å². The lowest BCUT2D eigenvalue weighted by Crippen LogP contribution is -2.29. The maximum atomic E-state index is 12.2. The first kappa shape index (κ1) is 18.3. The second-order valence-corrected chi connectivity index (χ2v) is 5.52. The van der Waals surface area contributed by atoms with E-state index in [4.69, 9.17) is 9.47 Å². The number of esters is 1. The van der Waals surface area contributed by atoms with Crippen LogP contribution in [0.1, 0.15) is 18.1 Å². The highest BCUT2D eigenvalue weighted by Crippen LogP contribution is 2.23. The van der Waals surface area contributed by atoms with Crippen LogP contribution in [0.4, 0.5) is 5.69 Å². The molecule has 0 aromatic heterocycles. The molecule has 130 valence electrons. The number of anilines is 1. The normalized spacial score (nSPS) is 11.8. The third kappa shape index (κ3) is 5.49. The fraction of sp³-hybridized carbons (Fsp3) is 0.200. The Morgan fingerprint density at radius 3 is 2.60 bits per heavy atom. The molecule has 0 aliphatic carbocycles. The highest BCUT2D eigenvalue weighted by molar-refractivity contribution is 5.97. The van der Waals surface area contributed by atoms with Crippen LogP contribution in [0, 0.1) is 6.92 Å². The summed E-state index contributed by atoms with van der Waals surface area (Å²) in [7, 11) is 1.52. The zero-order valence-corrected chi connectivity index (χ0v) is 14.5. The predicted octanol–water partition coefficient (Wildman–Crippen LogP) is 3.59. The number of aryl methyl sites for hydroxylation is 1. The molecule has 5 nitrogen and oxygen atoms in total. The maximum Gasteiger partial charge on any atom is 0.331 e. The number of hydrogen-bond donors (Lipinski definition) is 1. The molecule has 2 aromatic rings. The van der Waals surface area contributed by atoms with E-state index < -0.39 is 18.0 Å². The van der Waals surface area contributed by atoms with Crippen molar-refractivity contribution in [2.45, 2.75) is 20.0 Å². The van der Waals surface area contributed by atoms with Gasteiger partial charge in [0.25, 0.3) is 5.91 Å². The van der Waals surface area contributed by atoms with Gasteiger partial charge in [0.05, 0.1) is 12.8 Å². The summed E-state index contributed by atoms with van der Waals surface area (Å²) in [4.78, 5) is 24.0. The maximum absolute atomic E-state index is 12.2. The van der Waals surface area contributed by atoms with Crippen LogP contribution in [0.25, 0.3) is 6.08 Å². The highest BCUT2D eigenvalue weighted by Gasteiger charge is 2.18. The number of para-hydroxylation sites is 2. The molecule has 2 rings (SSSR count). The van der Waals surface area contributed by atoms with Crippen LogP contribution in [-0.2, 0) is 14.3 Å². The topological polar surface area (TPSA) is 64.6 Å². The van der Waals surface area contributed by atoms with Gasteiger partial charge in [0.2, 0.25) is 0 Å². The van der Waals surface area contributed by atoms with E-state index in [-0.39, 0.29) is 0 Å². The van der Waals surface area contributed by atoms with Crippen molar-refractivity contribution in [1.82, 2.24) is 0 Å². The fourth-order valence-corrected chi connectivity index (χ4v) is 2.19. The Balaban J connectivity index is 1.93. The summed E-state index contributed by atoms with van der Waals surface area (Å²) < 4.78 is 10.3. The van der Waals surface area contributed by atoms with Crippen molar-refractivity contribution in [2.75, 3.05) is 12.4 Å². The molecule has 0 aliphatic rings. The first-order chi connectivity index (χ1) is 12.0. The van der Waals surface area contributed by atoms with Crippen molar-refractivity contribution < 1.29 is 19.1 Å². The monoisotopic (exact) mass is 339 g/mol. The van der Waals surface area contributed by atoms with Gasteiger partial charge in [-0.25, -0.2) is 4.79 Å². The number of amides is 1. The summed E-state index contributed by atoms with van der Waals surface area (Å²) in [6, 6.07) is 14.7. The molecule has 0 radical (unpaired) electrons. The number of rotatable bonds is 6. The first-order valence-electron chi connectivity index (χ1n) is 7.89. The molecule has 0 saturated heterocycles. The molecule has 2 aromatic carbocycles. The predicted molar refractivity (Wildman–Crippen MR) is 97.4 cm³/mol. The Hall–Kier alpha value is -3.08. The number of carbonyl (C=O) groups is 2. The van der Waals surface area contributed by atoms with E-state index in [1.165, 1.54) is 20.1 Å². The van der Waals surface area contributed by atoms with Gasteiger partial charge in [-0.05, 0) is 37.6 Å². The van der Waals surface area contributed by atoms with E-state index in [1.54, 1.807) is 30.3 Å². The van der Waals surface area contributed by atoms with E-state index in [0.29, 0.717) is 11.4 Å². The lowest BCUT2D eigenvalue weighted by atomic mass is 10.1. The number of carbonyl (C=O) groups excluding carboxylic acids is 2. The first-order valence-corrected chi connectivity index (χ1v) is 7.89. The summed E-state index contributed by atoms with van der Waals surface area (Å²) in [6.45, 7) is 3.49. The van der Waals surface area contributed by atoms with E-state index in [9.17, 15) is 9.59 Å². The molecule has 0 bridgehead atoms. The number of benzene rings is 2.